The fourth-order valence-corrected chi connectivity index (χ4v) is 4.42. The van der Waals surface area contributed by atoms with E-state index in [0.717, 1.165) is 10.7 Å². The Morgan fingerprint density at radius 3 is 2.31 bits per heavy atom. The van der Waals surface area contributed by atoms with E-state index in [-0.39, 0.29) is 45.4 Å². The Balaban J connectivity index is 1.37. The predicted molar refractivity (Wildman–Crippen MR) is 150 cm³/mol. The summed E-state index contributed by atoms with van der Waals surface area (Å²) < 4.78 is 88.6. The molecule has 0 spiro atoms. The van der Waals surface area contributed by atoms with E-state index in [0.29, 0.717) is 0 Å². The minimum Gasteiger partial charge on any atom is -0.487 e. The Morgan fingerprint density at radius 1 is 0.956 bits per heavy atom. The molecule has 3 aromatic carbocycles. The number of halogens is 6. The minimum atomic E-state index is -4.91. The molecule has 0 radical (unpaired) electrons. The molecule has 0 atom stereocenters. The Morgan fingerprint density at radius 2 is 1.64 bits per heavy atom. The summed E-state index contributed by atoms with van der Waals surface area (Å²) >= 11 is 6.14. The van der Waals surface area contributed by atoms with Crippen LogP contribution in [0.25, 0.3) is 5.69 Å². The number of esters is 1. The quantitative estimate of drug-likeness (QED) is 0.162. The number of ether oxygens (including phenoxy) is 4. The maximum atomic E-state index is 13.8. The zero-order valence-electron chi connectivity index (χ0n) is 23.7. The van der Waals surface area contributed by atoms with Crippen molar-refractivity contribution in [3.63, 3.8) is 0 Å². The molecule has 0 unspecified atom stereocenters. The lowest BCUT2D eigenvalue weighted by molar-refractivity contribution is -0.286. The van der Waals surface area contributed by atoms with Crippen molar-refractivity contribution in [1.82, 2.24) is 9.78 Å². The first-order valence-electron chi connectivity index (χ1n) is 13.1. The second kappa shape index (κ2) is 11.6. The van der Waals surface area contributed by atoms with Gasteiger partial charge in [0.25, 0.3) is 5.91 Å². The van der Waals surface area contributed by atoms with Gasteiger partial charge in [-0.05, 0) is 75.4 Å². The van der Waals surface area contributed by atoms with Gasteiger partial charge in [-0.3, -0.25) is 4.79 Å². The molecule has 0 saturated heterocycles. The highest BCUT2D eigenvalue weighted by molar-refractivity contribution is 6.32. The summed E-state index contributed by atoms with van der Waals surface area (Å²) in [5, 5.41) is 5.46. The molecular formula is C30H23ClF5N3O6. The number of rotatable bonds is 7. The van der Waals surface area contributed by atoms with Crippen molar-refractivity contribution in [3.05, 3.63) is 94.3 Å². The zero-order valence-corrected chi connectivity index (χ0v) is 24.4. The van der Waals surface area contributed by atoms with E-state index in [2.05, 4.69) is 19.9 Å². The Hall–Kier alpha value is -4.85. The van der Waals surface area contributed by atoms with Crippen molar-refractivity contribution in [2.24, 2.45) is 0 Å². The molecule has 9 nitrogen and oxygen atoms in total. The Bertz CT molecular complexity index is 1770. The molecule has 1 aliphatic heterocycles. The third-order valence-electron chi connectivity index (χ3n) is 6.06. The van der Waals surface area contributed by atoms with Gasteiger partial charge >= 0.3 is 18.4 Å². The number of nitrogens with one attached hydrogen (secondary N) is 1. The van der Waals surface area contributed by atoms with Crippen molar-refractivity contribution in [1.29, 1.82) is 0 Å². The molecule has 4 aromatic rings. The number of carbonyl (C=O) groups is 2. The van der Waals surface area contributed by atoms with Crippen molar-refractivity contribution in [2.45, 2.75) is 45.5 Å². The summed E-state index contributed by atoms with van der Waals surface area (Å²) in [6, 6.07) is 14.9. The number of alkyl halides is 5. The van der Waals surface area contributed by atoms with Crippen LogP contribution < -0.4 is 19.5 Å². The summed E-state index contributed by atoms with van der Waals surface area (Å²) in [4.78, 5) is 25.3. The van der Waals surface area contributed by atoms with Gasteiger partial charge in [-0.25, -0.2) is 9.48 Å². The predicted octanol–water partition coefficient (Wildman–Crippen LogP) is 7.65. The number of hydrogen-bond acceptors (Lipinski definition) is 7. The summed E-state index contributed by atoms with van der Waals surface area (Å²) in [5.74, 6) is -1.56. The molecule has 236 valence electrons. The van der Waals surface area contributed by atoms with Crippen LogP contribution in [0.3, 0.4) is 0 Å². The fourth-order valence-electron chi connectivity index (χ4n) is 4.14. The number of aromatic nitrogens is 2. The van der Waals surface area contributed by atoms with Crippen LogP contribution in [0.4, 0.5) is 27.6 Å². The molecule has 0 bridgehead atoms. The molecule has 15 heteroatoms. The van der Waals surface area contributed by atoms with Crippen LogP contribution in [0.1, 0.15) is 52.9 Å². The fraction of sp³-hybridized carbons (Fsp3) is 0.233. The molecular weight excluding hydrogens is 629 g/mol. The summed E-state index contributed by atoms with van der Waals surface area (Å²) in [6.45, 7) is 4.69. The molecule has 2 heterocycles. The summed E-state index contributed by atoms with van der Waals surface area (Å²) in [5.41, 5.74) is -1.86. The minimum absolute atomic E-state index is 0.000257. The maximum absolute atomic E-state index is 13.8. The van der Waals surface area contributed by atoms with Gasteiger partial charge in [-0.2, -0.15) is 18.3 Å². The number of carbonyl (C=O) groups excluding carboxylic acids is 2. The largest absolute Gasteiger partial charge is 0.586 e. The van der Waals surface area contributed by atoms with Crippen molar-refractivity contribution >= 4 is 29.2 Å². The molecule has 5 rings (SSSR count). The van der Waals surface area contributed by atoms with Gasteiger partial charge < -0.3 is 24.3 Å². The van der Waals surface area contributed by atoms with Crippen LogP contribution >= 0.6 is 11.6 Å². The third kappa shape index (κ3) is 7.28. The number of benzene rings is 3. The number of amides is 1. The van der Waals surface area contributed by atoms with Gasteiger partial charge in [0, 0.05) is 17.3 Å². The van der Waals surface area contributed by atoms with Gasteiger partial charge in [0.1, 0.15) is 23.7 Å². The van der Waals surface area contributed by atoms with Crippen LogP contribution in [0, 0.1) is 0 Å². The van der Waals surface area contributed by atoms with E-state index >= 15 is 0 Å². The lowest BCUT2D eigenvalue weighted by Crippen LogP contribution is -2.25. The van der Waals surface area contributed by atoms with Crippen molar-refractivity contribution in [3.8, 4) is 22.9 Å². The number of nitrogens with zero attached hydrogens (tertiary/aromatic N) is 2. The molecule has 1 aliphatic rings. The van der Waals surface area contributed by atoms with Gasteiger partial charge in [0.15, 0.2) is 17.2 Å². The highest BCUT2D eigenvalue weighted by Crippen LogP contribution is 2.42. The average Bonchev–Trinajstić information content (AvgIpc) is 3.45. The van der Waals surface area contributed by atoms with Crippen LogP contribution in [-0.2, 0) is 17.5 Å². The first-order chi connectivity index (χ1) is 21.0. The summed E-state index contributed by atoms with van der Waals surface area (Å²) in [6.07, 6.45) is -8.75. The average molecular weight is 652 g/mol. The van der Waals surface area contributed by atoms with Crippen LogP contribution in [0.5, 0.6) is 17.2 Å². The molecule has 1 N–H and O–H groups in total. The topological polar surface area (TPSA) is 101 Å². The molecule has 1 aromatic heterocycles. The van der Waals surface area contributed by atoms with E-state index < -0.39 is 47.3 Å². The van der Waals surface area contributed by atoms with E-state index in [1.165, 1.54) is 60.7 Å². The first kappa shape index (κ1) is 31.6. The smallest absolute Gasteiger partial charge is 0.487 e. The number of hydrogen-bond donors (Lipinski definition) is 1. The SMILES string of the molecule is CC(C)(C)OC(=O)c1ccc(OCc2c(Cl)c(C(F)(F)F)nn2-c2cccc(C(=O)Nc3ccc4c(c3)OC(F)(F)O4)c2)cc1. The normalized spacial score (nSPS) is 13.8. The molecule has 0 saturated carbocycles. The first-order valence-corrected chi connectivity index (χ1v) is 13.5. The zero-order chi connectivity index (χ0) is 32.7. The monoisotopic (exact) mass is 651 g/mol. The van der Waals surface area contributed by atoms with E-state index in [9.17, 15) is 31.5 Å². The van der Waals surface area contributed by atoms with Gasteiger partial charge in [-0.1, -0.05) is 17.7 Å². The highest BCUT2D eigenvalue weighted by atomic mass is 35.5. The van der Waals surface area contributed by atoms with E-state index in [1.54, 1.807) is 20.8 Å². The number of fused-ring (bicyclic) bond motifs is 1. The van der Waals surface area contributed by atoms with Crippen LogP contribution in [0.15, 0.2) is 66.7 Å². The molecule has 0 aliphatic carbocycles. The van der Waals surface area contributed by atoms with Gasteiger partial charge in [0.2, 0.25) is 0 Å². The maximum Gasteiger partial charge on any atom is 0.586 e. The standard InChI is InChI=1S/C30H23ClF5N3O6/c1-28(2,3)45-27(41)16-7-10-20(11-8-16)42-15-21-24(31)25(29(32,33)34)38-39(21)19-6-4-5-17(13-19)26(40)37-18-9-12-22-23(14-18)44-30(35,36)43-22/h4-14H,15H2,1-3H3,(H,37,40). The highest BCUT2D eigenvalue weighted by Gasteiger charge is 2.43. The molecule has 45 heavy (non-hydrogen) atoms. The lowest BCUT2D eigenvalue weighted by Gasteiger charge is -2.19. The third-order valence-corrected chi connectivity index (χ3v) is 6.46. The van der Waals surface area contributed by atoms with Crippen molar-refractivity contribution in [2.75, 3.05) is 5.32 Å². The van der Waals surface area contributed by atoms with Crippen LogP contribution in [0.2, 0.25) is 5.02 Å². The second-order valence-electron chi connectivity index (χ2n) is 10.7. The number of anilines is 1. The van der Waals surface area contributed by atoms with Crippen molar-refractivity contribution < 1.29 is 50.5 Å². The van der Waals surface area contributed by atoms with Crippen LogP contribution in [-0.4, -0.2) is 33.6 Å². The molecule has 0 fully saturated rings. The Labute approximate surface area is 257 Å². The summed E-state index contributed by atoms with van der Waals surface area (Å²) in [7, 11) is 0. The van der Waals surface area contributed by atoms with E-state index in [1.807, 2.05) is 0 Å². The lowest BCUT2D eigenvalue weighted by atomic mass is 10.1. The van der Waals surface area contributed by atoms with Gasteiger partial charge in [0.05, 0.1) is 16.3 Å². The van der Waals surface area contributed by atoms with E-state index in [4.69, 9.17) is 21.1 Å². The van der Waals surface area contributed by atoms with Gasteiger partial charge in [-0.15, -0.1) is 8.78 Å². The Kier molecular flexibility index (Phi) is 8.12. The second-order valence-corrected chi connectivity index (χ2v) is 11.0. The molecule has 1 amide bonds.